The van der Waals surface area contributed by atoms with Crippen LogP contribution >= 0.6 is 0 Å². The molecule has 0 aliphatic rings. The molecule has 14 nitrogen and oxygen atoms in total. The molecule has 0 bridgehead atoms. The second-order valence-corrected chi connectivity index (χ2v) is 4.99. The molecular formula is C13H25N3O11. The van der Waals surface area contributed by atoms with Crippen molar-refractivity contribution in [2.75, 3.05) is 26.4 Å². The summed E-state index contributed by atoms with van der Waals surface area (Å²) in [5.41, 5.74) is 0. The van der Waals surface area contributed by atoms with E-state index >= 15 is 0 Å². The number of nitrogens with zero attached hydrogens (tertiary/aromatic N) is 2. The number of rotatable bonds is 16. The molecule has 0 aromatic carbocycles. The molecule has 0 rings (SSSR count). The lowest BCUT2D eigenvalue weighted by Crippen LogP contribution is -2.42. The Bertz CT molecular complexity index is 422. The molecule has 5 N–H and O–H groups in total. The van der Waals surface area contributed by atoms with Gasteiger partial charge in [0.05, 0.1) is 37.2 Å². The van der Waals surface area contributed by atoms with E-state index in [1.54, 1.807) is 0 Å². The van der Waals surface area contributed by atoms with Gasteiger partial charge < -0.3 is 19.6 Å². The summed E-state index contributed by atoms with van der Waals surface area (Å²) in [6.07, 6.45) is 0.710. The van der Waals surface area contributed by atoms with Crippen LogP contribution in [0, 0.1) is 0 Å². The minimum atomic E-state index is -1.20. The number of nitrogens with one attached hydrogen (secondary N) is 1. The number of aldehydes is 1. The summed E-state index contributed by atoms with van der Waals surface area (Å²) in [5.74, 6) is -0.815. The van der Waals surface area contributed by atoms with E-state index in [4.69, 9.17) is 30.3 Å². The number of carbonyl (C=O) groups is 3. The average Bonchev–Trinajstić information content (AvgIpc) is 2.59. The van der Waals surface area contributed by atoms with Gasteiger partial charge in [-0.2, -0.15) is 0 Å². The fraction of sp³-hybridized carbons (Fsp3) is 0.769. The molecule has 27 heavy (non-hydrogen) atoms. The normalized spacial score (nSPS) is 12.1. The molecule has 14 heteroatoms. The first-order valence-electron chi connectivity index (χ1n) is 8.02. The largest absolute Gasteiger partial charge is 0.464 e. The summed E-state index contributed by atoms with van der Waals surface area (Å²) in [6, 6.07) is -1.20. The minimum Gasteiger partial charge on any atom is -0.464 e. The monoisotopic (exact) mass is 399 g/mol. The number of ether oxygens (including phenoxy) is 2. The molecule has 0 fully saturated rings. The van der Waals surface area contributed by atoms with Crippen LogP contribution in [0.3, 0.4) is 0 Å². The second-order valence-electron chi connectivity index (χ2n) is 4.99. The van der Waals surface area contributed by atoms with Crippen molar-refractivity contribution in [2.24, 2.45) is 0 Å². The standard InChI is InChI=1S/C13H25N3O11/c17-6-5-11(12(18)24-7-1-3-9-26-15(20)21)14-13(19)25-8-2-4-10-27-16(22)23/h6,11,20-23H,1-5,7-10H2,(H,14,19). The zero-order chi connectivity index (χ0) is 20.5. The Balaban J connectivity index is 3.96. The number of carbonyl (C=O) groups excluding carboxylic acids is 3. The van der Waals surface area contributed by atoms with Crippen LogP contribution in [0.5, 0.6) is 0 Å². The Hall–Kier alpha value is -1.91. The van der Waals surface area contributed by atoms with Crippen LogP contribution in [-0.2, 0) is 28.7 Å². The lowest BCUT2D eigenvalue weighted by atomic mass is 10.2. The van der Waals surface area contributed by atoms with Gasteiger partial charge in [-0.3, -0.25) is 30.5 Å². The van der Waals surface area contributed by atoms with Gasteiger partial charge in [-0.15, -0.1) is 0 Å². The topological polar surface area (TPSA) is 188 Å². The highest BCUT2D eigenvalue weighted by Gasteiger charge is 2.22. The van der Waals surface area contributed by atoms with Crippen LogP contribution in [0.15, 0.2) is 0 Å². The van der Waals surface area contributed by atoms with Crippen molar-refractivity contribution < 1.29 is 54.4 Å². The van der Waals surface area contributed by atoms with Crippen molar-refractivity contribution in [3.63, 3.8) is 0 Å². The molecule has 0 heterocycles. The predicted molar refractivity (Wildman–Crippen MR) is 81.1 cm³/mol. The molecule has 0 radical (unpaired) electrons. The van der Waals surface area contributed by atoms with Crippen molar-refractivity contribution in [1.29, 1.82) is 0 Å². The Kier molecular flexibility index (Phi) is 15.1. The highest BCUT2D eigenvalue weighted by molar-refractivity contribution is 5.83. The number of alkyl carbamates (subject to hydrolysis) is 1. The van der Waals surface area contributed by atoms with Crippen molar-refractivity contribution in [1.82, 2.24) is 16.1 Å². The van der Waals surface area contributed by atoms with Crippen molar-refractivity contribution in [2.45, 2.75) is 38.1 Å². The first kappa shape index (κ1) is 25.1. The van der Waals surface area contributed by atoms with Gasteiger partial charge >= 0.3 is 12.1 Å². The van der Waals surface area contributed by atoms with Crippen LogP contribution in [0.1, 0.15) is 32.1 Å². The summed E-state index contributed by atoms with van der Waals surface area (Å²) in [4.78, 5) is 42.7. The minimum absolute atomic E-state index is 0.00223. The molecular weight excluding hydrogens is 374 g/mol. The van der Waals surface area contributed by atoms with Crippen molar-refractivity contribution >= 4 is 18.3 Å². The summed E-state index contributed by atoms with van der Waals surface area (Å²) in [6.45, 7) is -0.0379. The molecule has 1 unspecified atom stereocenters. The highest BCUT2D eigenvalue weighted by atomic mass is 17.1. The number of amides is 1. The van der Waals surface area contributed by atoms with E-state index in [-0.39, 0.29) is 32.8 Å². The van der Waals surface area contributed by atoms with Gasteiger partial charge in [0.1, 0.15) is 12.3 Å². The molecule has 158 valence electrons. The first-order valence-corrected chi connectivity index (χ1v) is 8.02. The predicted octanol–water partition coefficient (Wildman–Crippen LogP) is -0.202. The summed E-state index contributed by atoms with van der Waals surface area (Å²) < 4.78 is 9.73. The SMILES string of the molecule is O=CCC(NC(=O)OCCCCON(O)O)C(=O)OCCCCON(O)O. The van der Waals surface area contributed by atoms with E-state index in [0.717, 1.165) is 0 Å². The third-order valence-electron chi connectivity index (χ3n) is 2.88. The number of esters is 1. The van der Waals surface area contributed by atoms with E-state index in [1.807, 2.05) is 0 Å². The maximum Gasteiger partial charge on any atom is 0.407 e. The van der Waals surface area contributed by atoms with Gasteiger partial charge in [-0.25, -0.2) is 9.59 Å². The molecule has 0 spiro atoms. The molecule has 1 atom stereocenters. The van der Waals surface area contributed by atoms with Crippen LogP contribution in [-0.4, -0.2) is 82.4 Å². The van der Waals surface area contributed by atoms with Crippen LogP contribution in [0.4, 0.5) is 4.79 Å². The van der Waals surface area contributed by atoms with Gasteiger partial charge in [0.2, 0.25) is 0 Å². The third kappa shape index (κ3) is 16.0. The van der Waals surface area contributed by atoms with Gasteiger partial charge in [-0.1, -0.05) is 0 Å². The molecule has 1 amide bonds. The molecule has 0 saturated carbocycles. The van der Waals surface area contributed by atoms with E-state index in [9.17, 15) is 14.4 Å². The number of unbranched alkanes of at least 4 members (excludes halogenated alkanes) is 2. The Morgan fingerprint density at radius 3 is 1.81 bits per heavy atom. The van der Waals surface area contributed by atoms with Crippen LogP contribution < -0.4 is 5.32 Å². The lowest BCUT2D eigenvalue weighted by molar-refractivity contribution is -0.492. The highest BCUT2D eigenvalue weighted by Crippen LogP contribution is 1.99. The molecule has 0 aromatic rings. The smallest absolute Gasteiger partial charge is 0.407 e. The Morgan fingerprint density at radius 1 is 0.852 bits per heavy atom. The fourth-order valence-corrected chi connectivity index (χ4v) is 1.63. The average molecular weight is 399 g/mol. The van der Waals surface area contributed by atoms with Gasteiger partial charge in [0, 0.05) is 6.42 Å². The maximum atomic E-state index is 11.8. The van der Waals surface area contributed by atoms with E-state index in [2.05, 4.69) is 15.0 Å². The zero-order valence-corrected chi connectivity index (χ0v) is 14.6. The Morgan fingerprint density at radius 2 is 1.33 bits per heavy atom. The van der Waals surface area contributed by atoms with Crippen molar-refractivity contribution in [3.05, 3.63) is 0 Å². The van der Waals surface area contributed by atoms with Crippen LogP contribution in [0.2, 0.25) is 0 Å². The number of hydrogen-bond donors (Lipinski definition) is 5. The second kappa shape index (κ2) is 16.3. The molecule has 0 aliphatic carbocycles. The summed E-state index contributed by atoms with van der Waals surface area (Å²) >= 11 is 0. The van der Waals surface area contributed by atoms with E-state index < -0.39 is 28.9 Å². The maximum absolute atomic E-state index is 11.8. The van der Waals surface area contributed by atoms with E-state index in [1.165, 1.54) is 0 Å². The molecule has 0 aromatic heterocycles. The fourth-order valence-electron chi connectivity index (χ4n) is 1.63. The van der Waals surface area contributed by atoms with E-state index in [0.29, 0.717) is 32.0 Å². The first-order chi connectivity index (χ1) is 12.9. The molecule has 0 aliphatic heterocycles. The Labute approximate surface area is 154 Å². The summed E-state index contributed by atoms with van der Waals surface area (Å²) in [7, 11) is 0. The van der Waals surface area contributed by atoms with Crippen LogP contribution in [0.25, 0.3) is 0 Å². The number of hydrogen-bond acceptors (Lipinski definition) is 13. The molecule has 0 saturated heterocycles. The van der Waals surface area contributed by atoms with Crippen molar-refractivity contribution in [3.8, 4) is 0 Å². The van der Waals surface area contributed by atoms with Gasteiger partial charge in [0.25, 0.3) is 0 Å². The van der Waals surface area contributed by atoms with Gasteiger partial charge in [0.15, 0.2) is 0 Å². The lowest BCUT2D eigenvalue weighted by Gasteiger charge is -2.15. The zero-order valence-electron chi connectivity index (χ0n) is 14.6. The quantitative estimate of drug-likeness (QED) is 0.0994. The van der Waals surface area contributed by atoms with Gasteiger partial charge in [-0.05, 0) is 25.7 Å². The third-order valence-corrected chi connectivity index (χ3v) is 2.88. The summed E-state index contributed by atoms with van der Waals surface area (Å²) in [5, 5.41) is 34.6.